The van der Waals surface area contributed by atoms with E-state index in [2.05, 4.69) is 6.58 Å². The largest absolute Gasteiger partial charge is 0.491 e. The summed E-state index contributed by atoms with van der Waals surface area (Å²) in [6.07, 6.45) is 5.01. The minimum Gasteiger partial charge on any atom is -0.491 e. The maximum Gasteiger partial charge on any atom is 0.118 e. The zero-order valence-electron chi connectivity index (χ0n) is 11.3. The van der Waals surface area contributed by atoms with E-state index >= 15 is 0 Å². The van der Waals surface area contributed by atoms with E-state index in [1.54, 1.807) is 13.0 Å². The van der Waals surface area contributed by atoms with Crippen LogP contribution in [0.25, 0.3) is 0 Å². The van der Waals surface area contributed by atoms with E-state index in [0.29, 0.717) is 13.2 Å². The van der Waals surface area contributed by atoms with Gasteiger partial charge in [0, 0.05) is 0 Å². The lowest BCUT2D eigenvalue weighted by Crippen LogP contribution is -2.21. The summed E-state index contributed by atoms with van der Waals surface area (Å²) in [6, 6.07) is 0. The maximum atomic E-state index is 9.07. The third-order valence-electron chi connectivity index (χ3n) is 1.89. The number of aliphatic hydroxyl groups excluding tert-OH is 1. The first-order valence-electron chi connectivity index (χ1n) is 5.85. The zero-order chi connectivity index (χ0) is 13.3. The minimum absolute atomic E-state index is 0.0559. The Hall–Kier alpha value is -1.06. The lowest BCUT2D eigenvalue weighted by molar-refractivity contribution is -0.0231. The van der Waals surface area contributed by atoms with Crippen LogP contribution in [0.2, 0.25) is 0 Å². The molecule has 3 heteroatoms. The van der Waals surface area contributed by atoms with Crippen molar-refractivity contribution < 1.29 is 14.6 Å². The highest BCUT2D eigenvalue weighted by atomic mass is 16.5. The molecule has 0 aromatic heterocycles. The molecule has 0 saturated carbocycles. The Bertz CT molecular complexity index is 273. The fourth-order valence-electron chi connectivity index (χ4n) is 0.989. The van der Waals surface area contributed by atoms with Gasteiger partial charge in [-0.25, -0.2) is 0 Å². The lowest BCUT2D eigenvalue weighted by atomic mass is 10.3. The molecule has 2 atom stereocenters. The van der Waals surface area contributed by atoms with Gasteiger partial charge in [-0.1, -0.05) is 18.2 Å². The molecule has 0 aromatic carbocycles. The molecule has 0 aliphatic rings. The van der Waals surface area contributed by atoms with Crippen LogP contribution >= 0.6 is 0 Å². The topological polar surface area (TPSA) is 38.7 Å². The molecular formula is C14H24O3. The van der Waals surface area contributed by atoms with E-state index in [9.17, 15) is 0 Å². The first-order chi connectivity index (χ1) is 7.95. The van der Waals surface area contributed by atoms with Crippen molar-refractivity contribution in [3.63, 3.8) is 0 Å². The summed E-state index contributed by atoms with van der Waals surface area (Å²) >= 11 is 0. The summed E-state index contributed by atoms with van der Waals surface area (Å²) in [5.74, 6) is 0.721. The highest BCUT2D eigenvalue weighted by Gasteiger charge is 2.05. The average Bonchev–Trinajstić information content (AvgIpc) is 2.26. The summed E-state index contributed by atoms with van der Waals surface area (Å²) in [7, 11) is 0. The maximum absolute atomic E-state index is 9.07. The van der Waals surface area contributed by atoms with Crippen LogP contribution in [0.5, 0.6) is 0 Å². The van der Waals surface area contributed by atoms with Crippen LogP contribution in [0, 0.1) is 0 Å². The number of aliphatic hydroxyl groups is 1. The monoisotopic (exact) mass is 240 g/mol. The molecule has 0 bridgehead atoms. The van der Waals surface area contributed by atoms with Crippen molar-refractivity contribution in [2.75, 3.05) is 13.2 Å². The molecule has 0 aliphatic heterocycles. The van der Waals surface area contributed by atoms with Crippen LogP contribution in [0.15, 0.2) is 36.1 Å². The van der Waals surface area contributed by atoms with Crippen molar-refractivity contribution in [1.82, 2.24) is 0 Å². The summed E-state index contributed by atoms with van der Waals surface area (Å²) in [5.41, 5.74) is 1.20. The molecule has 3 nitrogen and oxygen atoms in total. The third kappa shape index (κ3) is 9.85. The van der Waals surface area contributed by atoms with Gasteiger partial charge in [0.25, 0.3) is 0 Å². The van der Waals surface area contributed by atoms with Crippen LogP contribution in [0.3, 0.4) is 0 Å². The Morgan fingerprint density at radius 3 is 2.35 bits per heavy atom. The SMILES string of the molecule is C=C/C(=C\C=C(C)C)OCC(C)OCC(C)O. The predicted molar refractivity (Wildman–Crippen MR) is 70.8 cm³/mol. The van der Waals surface area contributed by atoms with E-state index in [1.807, 2.05) is 32.9 Å². The van der Waals surface area contributed by atoms with Crippen LogP contribution < -0.4 is 0 Å². The number of allylic oxidation sites excluding steroid dienone is 4. The molecule has 0 saturated heterocycles. The molecule has 0 fully saturated rings. The summed E-state index contributed by atoms with van der Waals surface area (Å²) in [4.78, 5) is 0. The molecule has 17 heavy (non-hydrogen) atoms. The van der Waals surface area contributed by atoms with Crippen LogP contribution in [-0.4, -0.2) is 30.5 Å². The second-order valence-electron chi connectivity index (χ2n) is 4.32. The van der Waals surface area contributed by atoms with Gasteiger partial charge in [0.2, 0.25) is 0 Å². The van der Waals surface area contributed by atoms with E-state index in [4.69, 9.17) is 14.6 Å². The molecule has 0 aromatic rings. The van der Waals surface area contributed by atoms with Gasteiger partial charge in [-0.2, -0.15) is 0 Å². The molecule has 0 amide bonds. The summed E-state index contributed by atoms with van der Waals surface area (Å²) < 4.78 is 10.9. The molecule has 1 N–H and O–H groups in total. The quantitative estimate of drug-likeness (QED) is 0.524. The molecule has 0 rings (SSSR count). The fraction of sp³-hybridized carbons (Fsp3) is 0.571. The van der Waals surface area contributed by atoms with Gasteiger partial charge in [-0.15, -0.1) is 0 Å². The van der Waals surface area contributed by atoms with Crippen molar-refractivity contribution in [1.29, 1.82) is 0 Å². The van der Waals surface area contributed by atoms with Crippen molar-refractivity contribution in [3.05, 3.63) is 36.1 Å². The Balaban J connectivity index is 4.02. The molecule has 0 radical (unpaired) electrons. The molecule has 0 aliphatic carbocycles. The van der Waals surface area contributed by atoms with Gasteiger partial charge >= 0.3 is 0 Å². The van der Waals surface area contributed by atoms with Crippen molar-refractivity contribution >= 4 is 0 Å². The van der Waals surface area contributed by atoms with Gasteiger partial charge in [0.05, 0.1) is 18.8 Å². The summed E-state index contributed by atoms with van der Waals surface area (Å²) in [5, 5.41) is 9.07. The van der Waals surface area contributed by atoms with Gasteiger partial charge in [0.1, 0.15) is 12.4 Å². The predicted octanol–water partition coefficient (Wildman–Crippen LogP) is 2.83. The first-order valence-corrected chi connectivity index (χ1v) is 5.85. The van der Waals surface area contributed by atoms with Gasteiger partial charge in [-0.05, 0) is 39.8 Å². The van der Waals surface area contributed by atoms with Gasteiger partial charge in [0.15, 0.2) is 0 Å². The van der Waals surface area contributed by atoms with Gasteiger partial charge < -0.3 is 14.6 Å². The van der Waals surface area contributed by atoms with Crippen LogP contribution in [0.4, 0.5) is 0 Å². The average molecular weight is 240 g/mol. The van der Waals surface area contributed by atoms with Crippen molar-refractivity contribution in [2.45, 2.75) is 39.9 Å². The van der Waals surface area contributed by atoms with Crippen LogP contribution in [-0.2, 0) is 9.47 Å². The number of hydrogen-bond donors (Lipinski definition) is 1. The molecule has 98 valence electrons. The molecule has 2 unspecified atom stereocenters. The standard InChI is InChI=1S/C14H24O3/c1-6-14(8-7-11(2)3)17-10-13(5)16-9-12(4)15/h6-8,12-13,15H,1,9-10H2,2-5H3/b14-8+. The first kappa shape index (κ1) is 15.9. The van der Waals surface area contributed by atoms with E-state index in [-0.39, 0.29) is 6.10 Å². The highest BCUT2D eigenvalue weighted by Crippen LogP contribution is 2.04. The second kappa shape index (κ2) is 9.02. The van der Waals surface area contributed by atoms with Crippen molar-refractivity contribution in [3.8, 4) is 0 Å². The normalized spacial score (nSPS) is 15.0. The number of rotatable bonds is 8. The van der Waals surface area contributed by atoms with E-state index < -0.39 is 6.10 Å². The molecule has 0 spiro atoms. The van der Waals surface area contributed by atoms with Gasteiger partial charge in [-0.3, -0.25) is 0 Å². The van der Waals surface area contributed by atoms with Crippen LogP contribution in [0.1, 0.15) is 27.7 Å². The highest BCUT2D eigenvalue weighted by molar-refractivity contribution is 5.18. The number of ether oxygens (including phenoxy) is 2. The second-order valence-corrected chi connectivity index (χ2v) is 4.32. The van der Waals surface area contributed by atoms with E-state index in [0.717, 1.165) is 5.76 Å². The minimum atomic E-state index is -0.447. The fourth-order valence-corrected chi connectivity index (χ4v) is 0.989. The Morgan fingerprint density at radius 1 is 1.24 bits per heavy atom. The zero-order valence-corrected chi connectivity index (χ0v) is 11.3. The lowest BCUT2D eigenvalue weighted by Gasteiger charge is -2.15. The number of hydrogen-bond acceptors (Lipinski definition) is 3. The Kier molecular flexibility index (Phi) is 8.46. The Labute approximate surface area is 104 Å². The molecule has 0 heterocycles. The third-order valence-corrected chi connectivity index (χ3v) is 1.89. The van der Waals surface area contributed by atoms with Crippen molar-refractivity contribution in [2.24, 2.45) is 0 Å². The summed E-state index contributed by atoms with van der Waals surface area (Å²) in [6.45, 7) is 12.1. The Morgan fingerprint density at radius 2 is 1.88 bits per heavy atom. The van der Waals surface area contributed by atoms with E-state index in [1.165, 1.54) is 5.57 Å². The molecular weight excluding hydrogens is 216 g/mol. The smallest absolute Gasteiger partial charge is 0.118 e.